The summed E-state index contributed by atoms with van der Waals surface area (Å²) in [6.45, 7) is 9.03. The lowest BCUT2D eigenvalue weighted by atomic mass is 9.75. The van der Waals surface area contributed by atoms with Crippen molar-refractivity contribution in [2.45, 2.75) is 72.0 Å². The minimum absolute atomic E-state index is 0.558. The molecular formula is C15H27N3. The molecule has 1 aromatic heterocycles. The first-order chi connectivity index (χ1) is 8.61. The van der Waals surface area contributed by atoms with Gasteiger partial charge < -0.3 is 9.88 Å². The maximum Gasteiger partial charge on any atom is 0.0948 e. The lowest BCUT2D eigenvalue weighted by Crippen LogP contribution is -2.35. The van der Waals surface area contributed by atoms with Crippen LogP contribution in [-0.2, 0) is 13.1 Å². The van der Waals surface area contributed by atoms with Crippen LogP contribution in [0.3, 0.4) is 0 Å². The minimum Gasteiger partial charge on any atom is -0.333 e. The van der Waals surface area contributed by atoms with Crippen LogP contribution in [0, 0.1) is 5.41 Å². The van der Waals surface area contributed by atoms with E-state index in [1.807, 2.05) is 12.5 Å². The van der Waals surface area contributed by atoms with Crippen LogP contribution in [-0.4, -0.2) is 15.6 Å². The Bertz CT molecular complexity index is 358. The number of aryl methyl sites for hydroxylation is 1. The molecule has 0 amide bonds. The summed E-state index contributed by atoms with van der Waals surface area (Å²) in [5.74, 6) is 0. The van der Waals surface area contributed by atoms with E-state index in [4.69, 9.17) is 0 Å². The van der Waals surface area contributed by atoms with Crippen molar-refractivity contribution in [3.8, 4) is 0 Å². The van der Waals surface area contributed by atoms with E-state index in [0.717, 1.165) is 13.1 Å². The van der Waals surface area contributed by atoms with Crippen LogP contribution in [0.15, 0.2) is 12.5 Å². The van der Waals surface area contributed by atoms with Crippen molar-refractivity contribution in [3.63, 3.8) is 0 Å². The zero-order valence-corrected chi connectivity index (χ0v) is 12.1. The average molecular weight is 249 g/mol. The number of rotatable bonds is 5. The molecule has 1 aliphatic carbocycles. The van der Waals surface area contributed by atoms with Crippen molar-refractivity contribution in [2.75, 3.05) is 0 Å². The Morgan fingerprint density at radius 2 is 2.11 bits per heavy atom. The van der Waals surface area contributed by atoms with E-state index < -0.39 is 0 Å². The standard InChI is InChI=1S/C15H27N3/c1-4-9-18-12-16-10-14(18)11-17-13-5-7-15(2,3)8-6-13/h10,12-13,17H,4-9,11H2,1-3H3. The molecule has 102 valence electrons. The van der Waals surface area contributed by atoms with Gasteiger partial charge in [0.15, 0.2) is 0 Å². The van der Waals surface area contributed by atoms with Crippen molar-refractivity contribution in [1.29, 1.82) is 0 Å². The van der Waals surface area contributed by atoms with Gasteiger partial charge in [0.05, 0.1) is 12.0 Å². The van der Waals surface area contributed by atoms with Gasteiger partial charge in [0.25, 0.3) is 0 Å². The van der Waals surface area contributed by atoms with E-state index in [-0.39, 0.29) is 0 Å². The first-order valence-corrected chi connectivity index (χ1v) is 7.33. The third-order valence-electron chi connectivity index (χ3n) is 4.17. The number of hydrogen-bond acceptors (Lipinski definition) is 2. The molecule has 3 nitrogen and oxygen atoms in total. The van der Waals surface area contributed by atoms with E-state index in [2.05, 4.69) is 35.6 Å². The minimum atomic E-state index is 0.558. The van der Waals surface area contributed by atoms with Gasteiger partial charge in [0.2, 0.25) is 0 Å². The van der Waals surface area contributed by atoms with E-state index in [0.29, 0.717) is 11.5 Å². The summed E-state index contributed by atoms with van der Waals surface area (Å²) in [4.78, 5) is 4.25. The number of nitrogens with zero attached hydrogens (tertiary/aromatic N) is 2. The third-order valence-corrected chi connectivity index (χ3v) is 4.17. The quantitative estimate of drug-likeness (QED) is 0.867. The second kappa shape index (κ2) is 5.87. The molecule has 0 unspecified atom stereocenters. The van der Waals surface area contributed by atoms with Crippen LogP contribution in [0.1, 0.15) is 58.6 Å². The molecule has 3 heteroatoms. The van der Waals surface area contributed by atoms with Gasteiger partial charge in [-0.1, -0.05) is 20.8 Å². The third kappa shape index (κ3) is 3.58. The Labute approximate surface area is 111 Å². The Morgan fingerprint density at radius 3 is 2.78 bits per heavy atom. The number of aromatic nitrogens is 2. The highest BCUT2D eigenvalue weighted by atomic mass is 15.1. The topological polar surface area (TPSA) is 29.9 Å². The predicted molar refractivity (Wildman–Crippen MR) is 75.4 cm³/mol. The summed E-state index contributed by atoms with van der Waals surface area (Å²) in [5.41, 5.74) is 1.88. The van der Waals surface area contributed by atoms with Crippen LogP contribution >= 0.6 is 0 Å². The Morgan fingerprint density at radius 1 is 1.39 bits per heavy atom. The molecule has 1 N–H and O–H groups in total. The molecule has 1 fully saturated rings. The molecule has 0 radical (unpaired) electrons. The second-order valence-corrected chi connectivity index (χ2v) is 6.40. The highest BCUT2D eigenvalue weighted by Gasteiger charge is 2.26. The smallest absolute Gasteiger partial charge is 0.0948 e. The lowest BCUT2D eigenvalue weighted by molar-refractivity contribution is 0.205. The van der Waals surface area contributed by atoms with Gasteiger partial charge in [-0.15, -0.1) is 0 Å². The average Bonchev–Trinajstić information content (AvgIpc) is 2.76. The largest absolute Gasteiger partial charge is 0.333 e. The van der Waals surface area contributed by atoms with Gasteiger partial charge in [-0.2, -0.15) is 0 Å². The SMILES string of the molecule is CCCn1cncc1CNC1CCC(C)(C)CC1. The molecule has 0 saturated heterocycles. The maximum atomic E-state index is 4.25. The molecule has 1 heterocycles. The van der Waals surface area contributed by atoms with Gasteiger partial charge in [-0.05, 0) is 37.5 Å². The summed E-state index contributed by atoms with van der Waals surface area (Å²) in [6, 6.07) is 0.697. The number of hydrogen-bond donors (Lipinski definition) is 1. The van der Waals surface area contributed by atoms with Crippen molar-refractivity contribution in [3.05, 3.63) is 18.2 Å². The zero-order chi connectivity index (χ0) is 13.0. The molecule has 2 rings (SSSR count). The zero-order valence-electron chi connectivity index (χ0n) is 12.1. The molecule has 18 heavy (non-hydrogen) atoms. The van der Waals surface area contributed by atoms with Crippen LogP contribution in [0.4, 0.5) is 0 Å². The summed E-state index contributed by atoms with van der Waals surface area (Å²) in [5, 5.41) is 3.70. The molecule has 1 saturated carbocycles. The molecule has 0 atom stereocenters. The lowest BCUT2D eigenvalue weighted by Gasteiger charge is -2.34. The molecular weight excluding hydrogens is 222 g/mol. The molecule has 1 aromatic rings. The first kappa shape index (κ1) is 13.6. The van der Waals surface area contributed by atoms with Gasteiger partial charge in [-0.3, -0.25) is 0 Å². The first-order valence-electron chi connectivity index (χ1n) is 7.33. The van der Waals surface area contributed by atoms with Crippen molar-refractivity contribution >= 4 is 0 Å². The highest BCUT2D eigenvalue weighted by Crippen LogP contribution is 2.35. The molecule has 0 spiro atoms. The monoisotopic (exact) mass is 249 g/mol. The highest BCUT2D eigenvalue weighted by molar-refractivity contribution is 4.98. The van der Waals surface area contributed by atoms with Gasteiger partial charge in [0.1, 0.15) is 0 Å². The Kier molecular flexibility index (Phi) is 4.44. The molecule has 1 aliphatic rings. The Balaban J connectivity index is 1.79. The number of imidazole rings is 1. The van der Waals surface area contributed by atoms with Gasteiger partial charge in [-0.25, -0.2) is 4.98 Å². The van der Waals surface area contributed by atoms with E-state index in [9.17, 15) is 0 Å². The molecule has 0 bridgehead atoms. The summed E-state index contributed by atoms with van der Waals surface area (Å²) in [7, 11) is 0. The number of nitrogens with one attached hydrogen (secondary N) is 1. The molecule has 0 aliphatic heterocycles. The maximum absolute atomic E-state index is 4.25. The Hall–Kier alpha value is -0.830. The second-order valence-electron chi connectivity index (χ2n) is 6.40. The fraction of sp³-hybridized carbons (Fsp3) is 0.800. The van der Waals surface area contributed by atoms with Crippen LogP contribution in [0.25, 0.3) is 0 Å². The fourth-order valence-corrected chi connectivity index (χ4v) is 2.79. The van der Waals surface area contributed by atoms with Crippen molar-refractivity contribution in [2.24, 2.45) is 5.41 Å². The van der Waals surface area contributed by atoms with Crippen molar-refractivity contribution in [1.82, 2.24) is 14.9 Å². The molecule has 0 aromatic carbocycles. The van der Waals surface area contributed by atoms with Gasteiger partial charge >= 0.3 is 0 Å². The van der Waals surface area contributed by atoms with E-state index in [1.54, 1.807) is 0 Å². The van der Waals surface area contributed by atoms with Crippen LogP contribution < -0.4 is 5.32 Å². The van der Waals surface area contributed by atoms with E-state index in [1.165, 1.54) is 37.8 Å². The van der Waals surface area contributed by atoms with Crippen molar-refractivity contribution < 1.29 is 0 Å². The fourth-order valence-electron chi connectivity index (χ4n) is 2.79. The van der Waals surface area contributed by atoms with Crippen LogP contribution in [0.5, 0.6) is 0 Å². The van der Waals surface area contributed by atoms with E-state index >= 15 is 0 Å². The van der Waals surface area contributed by atoms with Gasteiger partial charge in [0, 0.05) is 25.3 Å². The summed E-state index contributed by atoms with van der Waals surface area (Å²) < 4.78 is 2.26. The summed E-state index contributed by atoms with van der Waals surface area (Å²) >= 11 is 0. The van der Waals surface area contributed by atoms with Crippen LogP contribution in [0.2, 0.25) is 0 Å². The summed E-state index contributed by atoms with van der Waals surface area (Å²) in [6.07, 6.45) is 10.4. The predicted octanol–water partition coefficient (Wildman–Crippen LogP) is 3.35. The normalized spacial score (nSPS) is 20.2.